The van der Waals surface area contributed by atoms with Crippen LogP contribution in [0.1, 0.15) is 69.0 Å². The first kappa shape index (κ1) is 15.1. The van der Waals surface area contributed by atoms with Crippen LogP contribution < -0.4 is 5.32 Å². The molecule has 2 aliphatic rings. The minimum Gasteiger partial charge on any atom is -0.376 e. The summed E-state index contributed by atoms with van der Waals surface area (Å²) in [7, 11) is 0. The van der Waals surface area contributed by atoms with E-state index in [-0.39, 0.29) is 0 Å². The predicted molar refractivity (Wildman–Crippen MR) is 87.6 cm³/mol. The summed E-state index contributed by atoms with van der Waals surface area (Å²) in [4.78, 5) is 0. The fourth-order valence-electron chi connectivity index (χ4n) is 3.58. The number of benzene rings is 1. The summed E-state index contributed by atoms with van der Waals surface area (Å²) in [5.74, 6) is 1.47. The van der Waals surface area contributed by atoms with Crippen LogP contribution in [0.2, 0.25) is 0 Å². The third-order valence-electron chi connectivity index (χ3n) is 5.26. The second-order valence-corrected chi connectivity index (χ2v) is 6.83. The molecule has 116 valence electrons. The van der Waals surface area contributed by atoms with Crippen LogP contribution in [0.5, 0.6) is 0 Å². The van der Waals surface area contributed by atoms with Crippen molar-refractivity contribution in [2.75, 3.05) is 13.2 Å². The monoisotopic (exact) mass is 287 g/mol. The molecular formula is C19H29NO. The van der Waals surface area contributed by atoms with Gasteiger partial charge in [-0.05, 0) is 55.2 Å². The van der Waals surface area contributed by atoms with Crippen molar-refractivity contribution >= 4 is 0 Å². The Morgan fingerprint density at radius 2 is 1.95 bits per heavy atom. The van der Waals surface area contributed by atoms with Crippen molar-refractivity contribution in [3.8, 4) is 0 Å². The van der Waals surface area contributed by atoms with Gasteiger partial charge in [0.25, 0.3) is 0 Å². The van der Waals surface area contributed by atoms with Gasteiger partial charge in [-0.1, -0.05) is 44.5 Å². The highest BCUT2D eigenvalue weighted by Crippen LogP contribution is 2.37. The molecule has 0 radical (unpaired) electrons. The molecule has 1 aromatic rings. The Balaban J connectivity index is 1.74. The lowest BCUT2D eigenvalue weighted by molar-refractivity contribution is 0.0607. The summed E-state index contributed by atoms with van der Waals surface area (Å²) in [6.45, 7) is 6.52. The van der Waals surface area contributed by atoms with Gasteiger partial charge >= 0.3 is 0 Å². The molecule has 1 aliphatic heterocycles. The van der Waals surface area contributed by atoms with E-state index in [9.17, 15) is 0 Å². The third kappa shape index (κ3) is 3.32. The zero-order valence-corrected chi connectivity index (χ0v) is 13.5. The Kier molecular flexibility index (Phi) is 4.97. The average molecular weight is 287 g/mol. The van der Waals surface area contributed by atoms with E-state index in [4.69, 9.17) is 4.74 Å². The van der Waals surface area contributed by atoms with Gasteiger partial charge < -0.3 is 10.1 Å². The number of nitrogens with one attached hydrogen (secondary N) is 1. The van der Waals surface area contributed by atoms with Crippen LogP contribution in [0, 0.1) is 5.92 Å². The molecule has 2 heteroatoms. The van der Waals surface area contributed by atoms with Crippen LogP contribution in [-0.4, -0.2) is 19.3 Å². The molecule has 0 bridgehead atoms. The molecule has 1 aliphatic carbocycles. The van der Waals surface area contributed by atoms with E-state index < -0.39 is 0 Å². The van der Waals surface area contributed by atoms with Crippen molar-refractivity contribution < 1.29 is 4.74 Å². The number of ether oxygens (including phenoxy) is 1. The maximum Gasteiger partial charge on any atom is 0.0795 e. The SMILES string of the molecule is CCCNC(c1ccc(C2CCC2)cc1)C1OCCC1C. The lowest BCUT2D eigenvalue weighted by Crippen LogP contribution is -2.35. The molecule has 2 nitrogen and oxygen atoms in total. The fraction of sp³-hybridized carbons (Fsp3) is 0.684. The molecular weight excluding hydrogens is 258 g/mol. The summed E-state index contributed by atoms with van der Waals surface area (Å²) in [6.07, 6.45) is 6.83. The van der Waals surface area contributed by atoms with Gasteiger partial charge in [0, 0.05) is 6.61 Å². The number of hydrogen-bond donors (Lipinski definition) is 1. The predicted octanol–water partition coefficient (Wildman–Crippen LogP) is 4.42. The van der Waals surface area contributed by atoms with Crippen LogP contribution in [-0.2, 0) is 4.74 Å². The molecule has 1 heterocycles. The summed E-state index contributed by atoms with van der Waals surface area (Å²) in [5.41, 5.74) is 2.92. The highest BCUT2D eigenvalue weighted by Gasteiger charge is 2.32. The number of rotatable bonds is 6. The van der Waals surface area contributed by atoms with Gasteiger partial charge in [0.15, 0.2) is 0 Å². The topological polar surface area (TPSA) is 21.3 Å². The van der Waals surface area contributed by atoms with Crippen LogP contribution in [0.15, 0.2) is 24.3 Å². The van der Waals surface area contributed by atoms with Gasteiger partial charge in [-0.25, -0.2) is 0 Å². The standard InChI is InChI=1S/C19H29NO/c1-3-12-20-18(19-14(2)11-13-21-19)17-9-7-16(8-10-17)15-5-4-6-15/h7-10,14-15,18-20H,3-6,11-13H2,1-2H3. The Morgan fingerprint density at radius 3 is 2.48 bits per heavy atom. The highest BCUT2D eigenvalue weighted by atomic mass is 16.5. The highest BCUT2D eigenvalue weighted by molar-refractivity contribution is 5.29. The second-order valence-electron chi connectivity index (χ2n) is 6.83. The van der Waals surface area contributed by atoms with Crippen LogP contribution in [0.3, 0.4) is 0 Å². The summed E-state index contributed by atoms with van der Waals surface area (Å²) < 4.78 is 6.03. The molecule has 2 fully saturated rings. The second kappa shape index (κ2) is 6.93. The van der Waals surface area contributed by atoms with E-state index in [0.29, 0.717) is 18.1 Å². The molecule has 3 unspecified atom stereocenters. The van der Waals surface area contributed by atoms with E-state index in [1.54, 1.807) is 0 Å². The first-order chi connectivity index (χ1) is 10.3. The average Bonchev–Trinajstić information content (AvgIpc) is 2.85. The summed E-state index contributed by atoms with van der Waals surface area (Å²) in [6, 6.07) is 9.70. The summed E-state index contributed by atoms with van der Waals surface area (Å²) >= 11 is 0. The lowest BCUT2D eigenvalue weighted by Gasteiger charge is -2.29. The normalized spacial score (nSPS) is 27.5. The van der Waals surface area contributed by atoms with Crippen molar-refractivity contribution in [1.29, 1.82) is 0 Å². The molecule has 0 aromatic heterocycles. The Labute approximate surface area is 129 Å². The molecule has 0 spiro atoms. The third-order valence-corrected chi connectivity index (χ3v) is 5.26. The smallest absolute Gasteiger partial charge is 0.0795 e. The minimum atomic E-state index is 0.325. The Bertz CT molecular complexity index is 437. The molecule has 3 rings (SSSR count). The van der Waals surface area contributed by atoms with Crippen molar-refractivity contribution in [3.05, 3.63) is 35.4 Å². The fourth-order valence-corrected chi connectivity index (χ4v) is 3.58. The molecule has 0 amide bonds. The van der Waals surface area contributed by atoms with E-state index in [2.05, 4.69) is 43.4 Å². The lowest BCUT2D eigenvalue weighted by atomic mass is 9.79. The number of hydrogen-bond acceptors (Lipinski definition) is 2. The molecule has 1 aromatic carbocycles. The maximum absolute atomic E-state index is 6.03. The van der Waals surface area contributed by atoms with E-state index in [1.165, 1.54) is 36.8 Å². The first-order valence-corrected chi connectivity index (χ1v) is 8.74. The van der Waals surface area contributed by atoms with Gasteiger partial charge in [0.1, 0.15) is 0 Å². The van der Waals surface area contributed by atoms with Crippen molar-refractivity contribution in [2.45, 2.75) is 64.0 Å². The van der Waals surface area contributed by atoms with E-state index in [0.717, 1.165) is 25.5 Å². The Hall–Kier alpha value is -0.860. The van der Waals surface area contributed by atoms with Gasteiger partial charge in [0.05, 0.1) is 12.1 Å². The summed E-state index contributed by atoms with van der Waals surface area (Å²) in [5, 5.41) is 3.71. The largest absolute Gasteiger partial charge is 0.376 e. The molecule has 1 saturated heterocycles. The van der Waals surface area contributed by atoms with E-state index >= 15 is 0 Å². The molecule has 1 saturated carbocycles. The molecule has 3 atom stereocenters. The van der Waals surface area contributed by atoms with Gasteiger partial charge in [0.2, 0.25) is 0 Å². The van der Waals surface area contributed by atoms with Crippen LogP contribution in [0.4, 0.5) is 0 Å². The van der Waals surface area contributed by atoms with Crippen molar-refractivity contribution in [3.63, 3.8) is 0 Å². The van der Waals surface area contributed by atoms with Crippen molar-refractivity contribution in [1.82, 2.24) is 5.32 Å². The maximum atomic E-state index is 6.03. The quantitative estimate of drug-likeness (QED) is 0.836. The zero-order chi connectivity index (χ0) is 14.7. The zero-order valence-electron chi connectivity index (χ0n) is 13.5. The van der Waals surface area contributed by atoms with E-state index in [1.807, 2.05) is 0 Å². The van der Waals surface area contributed by atoms with Gasteiger partial charge in [-0.2, -0.15) is 0 Å². The Morgan fingerprint density at radius 1 is 1.19 bits per heavy atom. The minimum absolute atomic E-state index is 0.325. The van der Waals surface area contributed by atoms with Gasteiger partial charge in [-0.15, -0.1) is 0 Å². The molecule has 1 N–H and O–H groups in total. The van der Waals surface area contributed by atoms with Crippen molar-refractivity contribution in [2.24, 2.45) is 5.92 Å². The van der Waals surface area contributed by atoms with Crippen LogP contribution >= 0.6 is 0 Å². The first-order valence-electron chi connectivity index (χ1n) is 8.74. The molecule has 21 heavy (non-hydrogen) atoms. The van der Waals surface area contributed by atoms with Gasteiger partial charge in [-0.3, -0.25) is 0 Å². The van der Waals surface area contributed by atoms with Crippen LogP contribution in [0.25, 0.3) is 0 Å².